The minimum absolute atomic E-state index is 0.108. The summed E-state index contributed by atoms with van der Waals surface area (Å²) in [7, 11) is -6.74. The first-order valence-corrected chi connectivity index (χ1v) is 12.9. The fourth-order valence-corrected chi connectivity index (χ4v) is 5.78. The van der Waals surface area contributed by atoms with Gasteiger partial charge < -0.3 is 10.1 Å². The number of piperidine rings is 1. The van der Waals surface area contributed by atoms with Crippen LogP contribution in [-0.2, 0) is 36.1 Å². The SMILES string of the molecule is CS(=O)(=O)N1CCC(C(=O)NCc2ccc(S(=O)(=O)N3CCOCC3)cc2)CC1. The first-order valence-electron chi connectivity index (χ1n) is 9.57. The summed E-state index contributed by atoms with van der Waals surface area (Å²) in [5, 5.41) is 2.86. The molecule has 0 atom stereocenters. The number of amides is 1. The molecule has 162 valence electrons. The van der Waals surface area contributed by atoms with Gasteiger partial charge in [0.05, 0.1) is 24.4 Å². The molecule has 2 aliphatic rings. The Hall–Kier alpha value is -1.53. The minimum Gasteiger partial charge on any atom is -0.379 e. The van der Waals surface area contributed by atoms with Gasteiger partial charge in [-0.15, -0.1) is 0 Å². The molecule has 9 nitrogen and oxygen atoms in total. The highest BCUT2D eigenvalue weighted by Crippen LogP contribution is 2.20. The van der Waals surface area contributed by atoms with Gasteiger partial charge in [0.15, 0.2) is 0 Å². The predicted molar refractivity (Wildman–Crippen MR) is 107 cm³/mol. The summed E-state index contributed by atoms with van der Waals surface area (Å²) in [4.78, 5) is 12.6. The molecule has 11 heteroatoms. The summed E-state index contributed by atoms with van der Waals surface area (Å²) < 4.78 is 56.3. The first kappa shape index (κ1) is 22.2. The summed E-state index contributed by atoms with van der Waals surface area (Å²) in [5.74, 6) is -0.322. The zero-order chi connectivity index (χ0) is 21.1. The highest BCUT2D eigenvalue weighted by molar-refractivity contribution is 7.89. The average molecular weight is 446 g/mol. The van der Waals surface area contributed by atoms with Gasteiger partial charge >= 0.3 is 0 Å². The lowest BCUT2D eigenvalue weighted by atomic mass is 9.97. The Morgan fingerprint density at radius 1 is 1.00 bits per heavy atom. The molecule has 1 aromatic carbocycles. The number of benzene rings is 1. The van der Waals surface area contributed by atoms with E-state index in [1.54, 1.807) is 24.3 Å². The molecule has 29 heavy (non-hydrogen) atoms. The van der Waals surface area contributed by atoms with E-state index in [-0.39, 0.29) is 16.7 Å². The van der Waals surface area contributed by atoms with Crippen LogP contribution < -0.4 is 5.32 Å². The van der Waals surface area contributed by atoms with Gasteiger partial charge in [0.2, 0.25) is 26.0 Å². The molecule has 3 rings (SSSR count). The predicted octanol–water partition coefficient (Wildman–Crippen LogP) is -0.00470. The quantitative estimate of drug-likeness (QED) is 0.659. The Kier molecular flexibility index (Phi) is 6.94. The number of ether oxygens (including phenoxy) is 1. The number of carbonyl (C=O) groups excluding carboxylic acids is 1. The Labute approximate surface area is 172 Å². The standard InChI is InChI=1S/C18H27N3O6S2/c1-28(23,24)20-8-6-16(7-9-20)18(22)19-14-15-2-4-17(5-3-15)29(25,26)21-10-12-27-13-11-21/h2-5,16H,6-14H2,1H3,(H,19,22). The molecule has 0 saturated carbocycles. The van der Waals surface area contributed by atoms with E-state index in [4.69, 9.17) is 4.74 Å². The van der Waals surface area contributed by atoms with Gasteiger partial charge in [0, 0.05) is 38.6 Å². The molecule has 2 fully saturated rings. The molecule has 2 saturated heterocycles. The van der Waals surface area contributed by atoms with Gasteiger partial charge in [0.1, 0.15) is 0 Å². The molecule has 0 radical (unpaired) electrons. The fourth-order valence-electron chi connectivity index (χ4n) is 3.50. The van der Waals surface area contributed by atoms with Crippen molar-refractivity contribution in [1.82, 2.24) is 13.9 Å². The summed E-state index contributed by atoms with van der Waals surface area (Å²) in [6.07, 6.45) is 2.17. The topological polar surface area (TPSA) is 113 Å². The van der Waals surface area contributed by atoms with Crippen molar-refractivity contribution in [2.75, 3.05) is 45.6 Å². The second-order valence-electron chi connectivity index (χ2n) is 7.31. The molecular weight excluding hydrogens is 418 g/mol. The lowest BCUT2D eigenvalue weighted by Gasteiger charge is -2.29. The maximum atomic E-state index is 12.6. The molecule has 0 spiro atoms. The number of nitrogens with zero attached hydrogens (tertiary/aromatic N) is 2. The molecule has 0 unspecified atom stereocenters. The van der Waals surface area contributed by atoms with Crippen LogP contribution in [0.3, 0.4) is 0 Å². The Bertz CT molecular complexity index is 917. The monoisotopic (exact) mass is 445 g/mol. The van der Waals surface area contributed by atoms with E-state index in [0.717, 1.165) is 5.56 Å². The van der Waals surface area contributed by atoms with Crippen molar-refractivity contribution in [3.63, 3.8) is 0 Å². The molecule has 2 heterocycles. The first-order chi connectivity index (χ1) is 13.7. The molecule has 1 amide bonds. The highest BCUT2D eigenvalue weighted by Gasteiger charge is 2.29. The maximum absolute atomic E-state index is 12.6. The molecule has 2 aliphatic heterocycles. The van der Waals surface area contributed by atoms with Gasteiger partial charge in [-0.3, -0.25) is 4.79 Å². The second-order valence-corrected chi connectivity index (χ2v) is 11.2. The summed E-state index contributed by atoms with van der Waals surface area (Å²) >= 11 is 0. The van der Waals surface area contributed by atoms with E-state index in [2.05, 4.69) is 5.32 Å². The normalized spacial score (nSPS) is 20.4. The molecule has 0 bridgehead atoms. The number of carbonyl (C=O) groups is 1. The lowest BCUT2D eigenvalue weighted by molar-refractivity contribution is -0.126. The molecule has 0 aliphatic carbocycles. The van der Waals surface area contributed by atoms with Crippen LogP contribution >= 0.6 is 0 Å². The number of nitrogens with one attached hydrogen (secondary N) is 1. The van der Waals surface area contributed by atoms with Gasteiger partial charge in [-0.1, -0.05) is 12.1 Å². The number of rotatable bonds is 6. The highest BCUT2D eigenvalue weighted by atomic mass is 32.2. The van der Waals surface area contributed by atoms with Crippen molar-refractivity contribution < 1.29 is 26.4 Å². The van der Waals surface area contributed by atoms with Crippen molar-refractivity contribution in [2.24, 2.45) is 5.92 Å². The summed E-state index contributed by atoms with van der Waals surface area (Å²) in [6, 6.07) is 6.49. The van der Waals surface area contributed by atoms with Crippen LogP contribution in [0.5, 0.6) is 0 Å². The lowest BCUT2D eigenvalue weighted by Crippen LogP contribution is -2.42. The van der Waals surface area contributed by atoms with Crippen LogP contribution in [0.2, 0.25) is 0 Å². The van der Waals surface area contributed by atoms with Gasteiger partial charge in [-0.2, -0.15) is 4.31 Å². The van der Waals surface area contributed by atoms with E-state index in [0.29, 0.717) is 58.8 Å². The minimum atomic E-state index is -3.53. The average Bonchev–Trinajstić information content (AvgIpc) is 2.72. The third-order valence-corrected chi connectivity index (χ3v) is 8.51. The van der Waals surface area contributed by atoms with Crippen molar-refractivity contribution in [3.8, 4) is 0 Å². The van der Waals surface area contributed by atoms with Gasteiger partial charge in [-0.25, -0.2) is 21.1 Å². The number of sulfonamides is 2. The van der Waals surface area contributed by atoms with Gasteiger partial charge in [0.25, 0.3) is 0 Å². The third kappa shape index (κ3) is 5.54. The van der Waals surface area contributed by atoms with Crippen LogP contribution in [-0.4, -0.2) is 77.0 Å². The zero-order valence-electron chi connectivity index (χ0n) is 16.4. The molecule has 1 aromatic rings. The van der Waals surface area contributed by atoms with E-state index < -0.39 is 20.0 Å². The molecule has 1 N–H and O–H groups in total. The molecular formula is C18H27N3O6S2. The van der Waals surface area contributed by atoms with E-state index >= 15 is 0 Å². The Morgan fingerprint density at radius 3 is 2.14 bits per heavy atom. The second kappa shape index (κ2) is 9.09. The van der Waals surface area contributed by atoms with Crippen LogP contribution in [0.25, 0.3) is 0 Å². The smallest absolute Gasteiger partial charge is 0.243 e. The zero-order valence-corrected chi connectivity index (χ0v) is 18.0. The van der Waals surface area contributed by atoms with Crippen molar-refractivity contribution in [2.45, 2.75) is 24.3 Å². The van der Waals surface area contributed by atoms with Crippen molar-refractivity contribution >= 4 is 26.0 Å². The number of hydrogen-bond acceptors (Lipinski definition) is 6. The Morgan fingerprint density at radius 2 is 1.59 bits per heavy atom. The van der Waals surface area contributed by atoms with Gasteiger partial charge in [-0.05, 0) is 30.5 Å². The maximum Gasteiger partial charge on any atom is 0.243 e. The van der Waals surface area contributed by atoms with Crippen molar-refractivity contribution in [3.05, 3.63) is 29.8 Å². The van der Waals surface area contributed by atoms with Crippen molar-refractivity contribution in [1.29, 1.82) is 0 Å². The van der Waals surface area contributed by atoms with Crippen LogP contribution in [0.4, 0.5) is 0 Å². The molecule has 0 aromatic heterocycles. The number of hydrogen-bond donors (Lipinski definition) is 1. The summed E-state index contributed by atoms with van der Waals surface area (Å²) in [5.41, 5.74) is 0.799. The van der Waals surface area contributed by atoms with E-state index in [1.165, 1.54) is 14.9 Å². The fraction of sp³-hybridized carbons (Fsp3) is 0.611. The Balaban J connectivity index is 1.52. The third-order valence-electron chi connectivity index (χ3n) is 5.29. The van der Waals surface area contributed by atoms with Crippen LogP contribution in [0.1, 0.15) is 18.4 Å². The van der Waals surface area contributed by atoms with E-state index in [9.17, 15) is 21.6 Å². The van der Waals surface area contributed by atoms with Crippen LogP contribution in [0.15, 0.2) is 29.2 Å². The van der Waals surface area contributed by atoms with Crippen LogP contribution in [0, 0.1) is 5.92 Å². The number of morpholine rings is 1. The largest absolute Gasteiger partial charge is 0.379 e. The van der Waals surface area contributed by atoms with E-state index in [1.807, 2.05) is 0 Å². The summed E-state index contributed by atoms with van der Waals surface area (Å²) in [6.45, 7) is 2.48.